The molecule has 94 valence electrons. The van der Waals surface area contributed by atoms with E-state index in [1.165, 1.54) is 35.2 Å². The van der Waals surface area contributed by atoms with Gasteiger partial charge in [0.15, 0.2) is 0 Å². The Hall–Kier alpha value is -1.57. The molecule has 2 nitrogen and oxygen atoms in total. The van der Waals surface area contributed by atoms with E-state index in [0.717, 1.165) is 6.54 Å². The highest BCUT2D eigenvalue weighted by molar-refractivity contribution is 6.06. The maximum atomic E-state index is 4.80. The predicted octanol–water partition coefficient (Wildman–Crippen LogP) is 3.79. The van der Waals surface area contributed by atoms with E-state index in [1.807, 2.05) is 0 Å². The molecule has 0 bridgehead atoms. The Balaban J connectivity index is 2.20. The molecule has 1 aromatic carbocycles. The van der Waals surface area contributed by atoms with E-state index in [9.17, 15) is 0 Å². The number of para-hydroxylation sites is 1. The number of fused-ring (bicyclic) bond motifs is 1. The Bertz CT molecular complexity index is 617. The van der Waals surface area contributed by atoms with Crippen LogP contribution in [0.2, 0.25) is 0 Å². The van der Waals surface area contributed by atoms with Crippen LogP contribution in [0.15, 0.2) is 35.3 Å². The molecule has 18 heavy (non-hydrogen) atoms. The maximum absolute atomic E-state index is 4.80. The second-order valence-corrected chi connectivity index (χ2v) is 5.87. The van der Waals surface area contributed by atoms with E-state index >= 15 is 0 Å². The van der Waals surface area contributed by atoms with Crippen molar-refractivity contribution in [3.8, 4) is 0 Å². The van der Waals surface area contributed by atoms with Crippen LogP contribution in [-0.4, -0.2) is 16.8 Å². The molecule has 1 aliphatic rings. The van der Waals surface area contributed by atoms with Crippen LogP contribution in [0.5, 0.6) is 0 Å². The summed E-state index contributed by atoms with van der Waals surface area (Å²) >= 11 is 0. The summed E-state index contributed by atoms with van der Waals surface area (Å²) in [5.74, 6) is 0. The van der Waals surface area contributed by atoms with Gasteiger partial charge in [0.2, 0.25) is 0 Å². The Morgan fingerprint density at radius 3 is 2.72 bits per heavy atom. The van der Waals surface area contributed by atoms with Crippen molar-refractivity contribution < 1.29 is 0 Å². The number of aliphatic imine (C=N–C) groups is 1. The van der Waals surface area contributed by atoms with Gasteiger partial charge < -0.3 is 4.57 Å². The summed E-state index contributed by atoms with van der Waals surface area (Å²) in [4.78, 5) is 4.80. The van der Waals surface area contributed by atoms with Gasteiger partial charge in [-0.05, 0) is 25.0 Å². The minimum Gasteiger partial charge on any atom is -0.343 e. The van der Waals surface area contributed by atoms with Gasteiger partial charge in [-0.25, -0.2) is 0 Å². The fraction of sp³-hybridized carbons (Fsp3) is 0.438. The summed E-state index contributed by atoms with van der Waals surface area (Å²) in [6, 6.07) is 10.8. The average molecular weight is 240 g/mol. The van der Waals surface area contributed by atoms with E-state index in [1.54, 1.807) is 0 Å². The Kier molecular flexibility index (Phi) is 2.54. The van der Waals surface area contributed by atoms with Gasteiger partial charge in [0.05, 0.1) is 11.4 Å². The topological polar surface area (TPSA) is 17.3 Å². The molecule has 0 aliphatic carbocycles. The van der Waals surface area contributed by atoms with Gasteiger partial charge in [-0.15, -0.1) is 0 Å². The molecular weight excluding hydrogens is 220 g/mol. The number of nitrogens with zero attached hydrogens (tertiary/aromatic N) is 2. The second kappa shape index (κ2) is 3.98. The second-order valence-electron chi connectivity index (χ2n) is 5.87. The van der Waals surface area contributed by atoms with Gasteiger partial charge >= 0.3 is 0 Å². The molecule has 0 atom stereocenters. The molecule has 0 N–H and O–H groups in total. The summed E-state index contributed by atoms with van der Waals surface area (Å²) < 4.78 is 2.28. The third-order valence-corrected chi connectivity index (χ3v) is 4.07. The summed E-state index contributed by atoms with van der Waals surface area (Å²) in [6.45, 7) is 5.59. The summed E-state index contributed by atoms with van der Waals surface area (Å²) in [7, 11) is 2.14. The van der Waals surface area contributed by atoms with Crippen molar-refractivity contribution in [2.45, 2.75) is 26.7 Å². The summed E-state index contributed by atoms with van der Waals surface area (Å²) in [6.07, 6.45) is 2.44. The van der Waals surface area contributed by atoms with Crippen LogP contribution in [-0.2, 0) is 7.05 Å². The normalized spacial score (nSPS) is 18.9. The van der Waals surface area contributed by atoms with Crippen molar-refractivity contribution in [1.29, 1.82) is 0 Å². The van der Waals surface area contributed by atoms with Crippen molar-refractivity contribution >= 4 is 16.6 Å². The predicted molar refractivity (Wildman–Crippen MR) is 77.3 cm³/mol. The highest BCUT2D eigenvalue weighted by Crippen LogP contribution is 2.33. The first-order chi connectivity index (χ1) is 8.59. The van der Waals surface area contributed by atoms with E-state index in [2.05, 4.69) is 55.8 Å². The lowest BCUT2D eigenvalue weighted by Gasteiger charge is -2.30. The summed E-state index contributed by atoms with van der Waals surface area (Å²) in [5, 5.41) is 1.30. The molecule has 0 spiro atoms. The monoisotopic (exact) mass is 240 g/mol. The fourth-order valence-electron chi connectivity index (χ4n) is 2.99. The fourth-order valence-corrected chi connectivity index (χ4v) is 2.99. The largest absolute Gasteiger partial charge is 0.343 e. The molecule has 0 fully saturated rings. The van der Waals surface area contributed by atoms with Crippen molar-refractivity contribution in [3.05, 3.63) is 36.0 Å². The lowest BCUT2D eigenvalue weighted by Crippen LogP contribution is -2.30. The first-order valence-corrected chi connectivity index (χ1v) is 6.69. The lowest BCUT2D eigenvalue weighted by molar-refractivity contribution is 0.438. The van der Waals surface area contributed by atoms with Gasteiger partial charge in [0, 0.05) is 29.9 Å². The molecule has 0 unspecified atom stereocenters. The van der Waals surface area contributed by atoms with Crippen LogP contribution >= 0.6 is 0 Å². The van der Waals surface area contributed by atoms with Crippen molar-refractivity contribution in [1.82, 2.24) is 4.57 Å². The number of aromatic nitrogens is 1. The smallest absolute Gasteiger partial charge is 0.0641 e. The molecule has 0 radical (unpaired) electrons. The first-order valence-electron chi connectivity index (χ1n) is 6.69. The number of hydrogen-bond donors (Lipinski definition) is 0. The van der Waals surface area contributed by atoms with Gasteiger partial charge in [-0.2, -0.15) is 0 Å². The van der Waals surface area contributed by atoms with Crippen LogP contribution in [0, 0.1) is 5.41 Å². The number of aryl methyl sites for hydroxylation is 1. The molecule has 0 saturated heterocycles. The van der Waals surface area contributed by atoms with Crippen LogP contribution in [0.3, 0.4) is 0 Å². The molecule has 0 saturated carbocycles. The highest BCUT2D eigenvalue weighted by atomic mass is 15.0. The van der Waals surface area contributed by atoms with Gasteiger partial charge in [0.25, 0.3) is 0 Å². The van der Waals surface area contributed by atoms with Crippen LogP contribution < -0.4 is 0 Å². The molecule has 1 aromatic heterocycles. The third kappa shape index (κ3) is 1.67. The first kappa shape index (κ1) is 11.5. The zero-order valence-corrected chi connectivity index (χ0v) is 11.4. The highest BCUT2D eigenvalue weighted by Gasteiger charge is 2.30. The summed E-state index contributed by atoms with van der Waals surface area (Å²) in [5.41, 5.74) is 4.03. The molecular formula is C16H20N2. The van der Waals surface area contributed by atoms with E-state index < -0.39 is 0 Å². The van der Waals surface area contributed by atoms with Gasteiger partial charge in [-0.3, -0.25) is 4.99 Å². The van der Waals surface area contributed by atoms with Crippen molar-refractivity contribution in [3.63, 3.8) is 0 Å². The van der Waals surface area contributed by atoms with E-state index in [-0.39, 0.29) is 5.41 Å². The Morgan fingerprint density at radius 1 is 1.22 bits per heavy atom. The number of benzene rings is 1. The third-order valence-electron chi connectivity index (χ3n) is 4.07. The quantitative estimate of drug-likeness (QED) is 0.721. The molecule has 2 heterocycles. The van der Waals surface area contributed by atoms with Gasteiger partial charge in [-0.1, -0.05) is 32.0 Å². The van der Waals surface area contributed by atoms with Crippen LogP contribution in [0.1, 0.15) is 32.4 Å². The van der Waals surface area contributed by atoms with Gasteiger partial charge in [0.1, 0.15) is 0 Å². The molecule has 2 aromatic rings. The van der Waals surface area contributed by atoms with E-state index in [0.29, 0.717) is 0 Å². The minimum absolute atomic E-state index is 0.195. The number of hydrogen-bond acceptors (Lipinski definition) is 1. The maximum Gasteiger partial charge on any atom is 0.0641 e. The van der Waals surface area contributed by atoms with Crippen molar-refractivity contribution in [2.24, 2.45) is 17.5 Å². The zero-order chi connectivity index (χ0) is 12.8. The zero-order valence-electron chi connectivity index (χ0n) is 11.4. The van der Waals surface area contributed by atoms with Crippen molar-refractivity contribution in [2.75, 3.05) is 6.54 Å². The SMILES string of the molecule is Cn1c(C2=NCCCC2(C)C)cc2ccccc21. The molecule has 1 aliphatic heterocycles. The Labute approximate surface area is 108 Å². The lowest BCUT2D eigenvalue weighted by atomic mass is 9.79. The molecule has 2 heteroatoms. The van der Waals surface area contributed by atoms with Crippen LogP contribution in [0.4, 0.5) is 0 Å². The number of rotatable bonds is 1. The standard InChI is InChI=1S/C16H20N2/c1-16(2)9-6-10-17-15(16)14-11-12-7-4-5-8-13(12)18(14)3/h4-5,7-8,11H,6,9-10H2,1-3H3. The van der Waals surface area contributed by atoms with Crippen LogP contribution in [0.25, 0.3) is 10.9 Å². The molecule has 0 amide bonds. The van der Waals surface area contributed by atoms with E-state index in [4.69, 9.17) is 4.99 Å². The minimum atomic E-state index is 0.195. The Morgan fingerprint density at radius 2 is 2.00 bits per heavy atom. The average Bonchev–Trinajstić information content (AvgIpc) is 2.67. The molecule has 3 rings (SSSR count).